The van der Waals surface area contributed by atoms with Crippen molar-refractivity contribution in [2.75, 3.05) is 0 Å². The molecule has 5 heteroatoms. The highest BCUT2D eigenvalue weighted by Crippen LogP contribution is 2.32. The number of halogens is 3. The van der Waals surface area contributed by atoms with E-state index in [1.807, 2.05) is 6.07 Å². The minimum atomic E-state index is -0.278. The van der Waals surface area contributed by atoms with Crippen molar-refractivity contribution in [1.82, 2.24) is 9.55 Å². The molecule has 1 fully saturated rings. The Morgan fingerprint density at radius 1 is 1.33 bits per heavy atom. The highest BCUT2D eigenvalue weighted by Gasteiger charge is 2.21. The summed E-state index contributed by atoms with van der Waals surface area (Å²) in [7, 11) is 0. The van der Waals surface area contributed by atoms with Crippen LogP contribution < -0.4 is 0 Å². The van der Waals surface area contributed by atoms with Crippen molar-refractivity contribution in [3.05, 3.63) is 28.2 Å². The number of hydrogen-bond acceptors (Lipinski definition) is 1. The quantitative estimate of drug-likeness (QED) is 0.649. The van der Waals surface area contributed by atoms with Crippen LogP contribution in [0.5, 0.6) is 0 Å². The molecule has 1 saturated carbocycles. The number of rotatable bonds is 3. The van der Waals surface area contributed by atoms with Crippen molar-refractivity contribution in [3.8, 4) is 0 Å². The predicted molar refractivity (Wildman–Crippen MR) is 88.1 cm³/mol. The standard InChI is InChI=1S/C16H19BrClFN2/c1-10-2-4-11(5-3-10)9-21-15-6-12(17)13(19)7-14(15)20-16(21)8-18/h6-7,10-11H,2-5,8-9H2,1H3. The van der Waals surface area contributed by atoms with Crippen molar-refractivity contribution in [2.45, 2.75) is 45.0 Å². The first kappa shape index (κ1) is 15.3. The number of nitrogens with zero attached hydrogens (tertiary/aromatic N) is 2. The van der Waals surface area contributed by atoms with Crippen LogP contribution in [0.2, 0.25) is 0 Å². The van der Waals surface area contributed by atoms with E-state index in [9.17, 15) is 4.39 Å². The second-order valence-corrected chi connectivity index (χ2v) is 7.27. The molecule has 21 heavy (non-hydrogen) atoms. The van der Waals surface area contributed by atoms with Gasteiger partial charge >= 0.3 is 0 Å². The smallest absolute Gasteiger partial charge is 0.139 e. The summed E-state index contributed by atoms with van der Waals surface area (Å²) >= 11 is 9.30. The van der Waals surface area contributed by atoms with E-state index < -0.39 is 0 Å². The van der Waals surface area contributed by atoms with Crippen LogP contribution >= 0.6 is 27.5 Å². The lowest BCUT2D eigenvalue weighted by molar-refractivity contribution is 0.265. The summed E-state index contributed by atoms with van der Waals surface area (Å²) in [5.74, 6) is 2.43. The van der Waals surface area contributed by atoms with Crippen molar-refractivity contribution in [3.63, 3.8) is 0 Å². The van der Waals surface area contributed by atoms with Gasteiger partial charge in [0, 0.05) is 12.6 Å². The van der Waals surface area contributed by atoms with Crippen LogP contribution in [0.3, 0.4) is 0 Å². The maximum atomic E-state index is 13.7. The molecule has 0 radical (unpaired) electrons. The summed E-state index contributed by atoms with van der Waals surface area (Å²) in [6, 6.07) is 3.30. The lowest BCUT2D eigenvalue weighted by Gasteiger charge is -2.27. The van der Waals surface area contributed by atoms with Gasteiger partial charge < -0.3 is 4.57 Å². The average molecular weight is 374 g/mol. The topological polar surface area (TPSA) is 17.8 Å². The first-order chi connectivity index (χ1) is 10.1. The van der Waals surface area contributed by atoms with Gasteiger partial charge in [0.05, 0.1) is 21.4 Å². The minimum Gasteiger partial charge on any atom is -0.327 e. The molecule has 0 atom stereocenters. The van der Waals surface area contributed by atoms with Gasteiger partial charge in [0.15, 0.2) is 0 Å². The van der Waals surface area contributed by atoms with Gasteiger partial charge in [-0.25, -0.2) is 9.37 Å². The molecule has 0 bridgehead atoms. The minimum absolute atomic E-state index is 0.278. The van der Waals surface area contributed by atoms with Crippen LogP contribution in [0.1, 0.15) is 38.4 Å². The Kier molecular flexibility index (Phi) is 4.55. The maximum absolute atomic E-state index is 13.7. The second kappa shape index (κ2) is 6.25. The average Bonchev–Trinajstić information content (AvgIpc) is 2.79. The first-order valence-corrected chi connectivity index (χ1v) is 8.81. The largest absolute Gasteiger partial charge is 0.327 e. The molecule has 114 valence electrons. The Balaban J connectivity index is 1.94. The van der Waals surface area contributed by atoms with E-state index in [1.165, 1.54) is 31.7 Å². The number of benzene rings is 1. The molecular weight excluding hydrogens is 355 g/mol. The number of fused-ring (bicyclic) bond motifs is 1. The normalized spacial score (nSPS) is 22.9. The Bertz CT molecular complexity index is 647. The fourth-order valence-electron chi connectivity index (χ4n) is 3.25. The fourth-order valence-corrected chi connectivity index (χ4v) is 3.78. The number of imidazole rings is 1. The fraction of sp³-hybridized carbons (Fsp3) is 0.562. The summed E-state index contributed by atoms with van der Waals surface area (Å²) in [5, 5.41) is 0. The zero-order valence-electron chi connectivity index (χ0n) is 12.1. The highest BCUT2D eigenvalue weighted by atomic mass is 79.9. The van der Waals surface area contributed by atoms with Crippen molar-refractivity contribution >= 4 is 38.6 Å². The number of alkyl halides is 1. The zero-order valence-corrected chi connectivity index (χ0v) is 14.4. The molecule has 0 amide bonds. The monoisotopic (exact) mass is 372 g/mol. The van der Waals surface area contributed by atoms with Crippen LogP contribution in [0, 0.1) is 17.7 Å². The molecule has 0 saturated heterocycles. The molecule has 1 heterocycles. The molecule has 0 unspecified atom stereocenters. The van der Waals surface area contributed by atoms with Crippen molar-refractivity contribution in [2.24, 2.45) is 11.8 Å². The van der Waals surface area contributed by atoms with E-state index in [2.05, 4.69) is 32.4 Å². The van der Waals surface area contributed by atoms with E-state index in [0.717, 1.165) is 23.8 Å². The van der Waals surface area contributed by atoms with Gasteiger partial charge in [0.25, 0.3) is 0 Å². The molecule has 1 aliphatic rings. The van der Waals surface area contributed by atoms with Gasteiger partial charge in [-0.3, -0.25) is 0 Å². The molecular formula is C16H19BrClFN2. The molecule has 3 rings (SSSR count). The first-order valence-electron chi connectivity index (χ1n) is 7.48. The molecule has 0 N–H and O–H groups in total. The lowest BCUT2D eigenvalue weighted by atomic mass is 9.83. The summed E-state index contributed by atoms with van der Waals surface area (Å²) in [4.78, 5) is 4.48. The molecule has 0 aliphatic heterocycles. The summed E-state index contributed by atoms with van der Waals surface area (Å²) < 4.78 is 16.3. The Morgan fingerprint density at radius 2 is 2.05 bits per heavy atom. The van der Waals surface area contributed by atoms with Gasteiger partial charge in [-0.1, -0.05) is 19.8 Å². The molecule has 1 aromatic heterocycles. The van der Waals surface area contributed by atoms with Gasteiger partial charge in [0.1, 0.15) is 11.6 Å². The van der Waals surface area contributed by atoms with E-state index in [1.54, 1.807) is 0 Å². The van der Waals surface area contributed by atoms with Crippen molar-refractivity contribution < 1.29 is 4.39 Å². The summed E-state index contributed by atoms with van der Waals surface area (Å²) in [5.41, 5.74) is 1.66. The summed E-state index contributed by atoms with van der Waals surface area (Å²) in [6.45, 7) is 3.26. The third-order valence-corrected chi connectivity index (χ3v) is 5.41. The molecule has 1 aromatic carbocycles. The summed E-state index contributed by atoms with van der Waals surface area (Å²) in [6.07, 6.45) is 5.10. The van der Waals surface area contributed by atoms with Gasteiger partial charge in [-0.15, -0.1) is 11.6 Å². The highest BCUT2D eigenvalue weighted by molar-refractivity contribution is 9.10. The van der Waals surface area contributed by atoms with E-state index in [0.29, 0.717) is 21.8 Å². The Labute approximate surface area is 137 Å². The molecule has 2 nitrogen and oxygen atoms in total. The predicted octanol–water partition coefficient (Wildman–Crippen LogP) is 5.50. The maximum Gasteiger partial charge on any atom is 0.139 e. The second-order valence-electron chi connectivity index (χ2n) is 6.15. The van der Waals surface area contributed by atoms with E-state index in [4.69, 9.17) is 11.6 Å². The Morgan fingerprint density at radius 3 is 2.71 bits per heavy atom. The van der Waals surface area contributed by atoms with E-state index >= 15 is 0 Å². The third-order valence-electron chi connectivity index (χ3n) is 4.57. The zero-order chi connectivity index (χ0) is 15.0. The Hall–Kier alpha value is -0.610. The molecule has 1 aliphatic carbocycles. The van der Waals surface area contributed by atoms with Crippen LogP contribution in [0.25, 0.3) is 11.0 Å². The third kappa shape index (κ3) is 3.11. The van der Waals surface area contributed by atoms with E-state index in [-0.39, 0.29) is 5.82 Å². The van der Waals surface area contributed by atoms with Crippen LogP contribution in [0.4, 0.5) is 4.39 Å². The lowest BCUT2D eigenvalue weighted by Crippen LogP contribution is -2.18. The molecule has 0 spiro atoms. The molecule has 2 aromatic rings. The van der Waals surface area contributed by atoms with Gasteiger partial charge in [-0.05, 0) is 46.7 Å². The van der Waals surface area contributed by atoms with Crippen LogP contribution in [0.15, 0.2) is 16.6 Å². The van der Waals surface area contributed by atoms with Crippen LogP contribution in [-0.2, 0) is 12.4 Å². The van der Waals surface area contributed by atoms with Gasteiger partial charge in [-0.2, -0.15) is 0 Å². The SMILES string of the molecule is CC1CCC(Cn2c(CCl)nc3cc(F)c(Br)cc32)CC1. The van der Waals surface area contributed by atoms with Crippen LogP contribution in [-0.4, -0.2) is 9.55 Å². The van der Waals surface area contributed by atoms with Crippen molar-refractivity contribution in [1.29, 1.82) is 0 Å². The number of aromatic nitrogens is 2. The number of hydrogen-bond donors (Lipinski definition) is 0. The van der Waals surface area contributed by atoms with Gasteiger partial charge in [0.2, 0.25) is 0 Å².